The molecule has 0 amide bonds. The van der Waals surface area contributed by atoms with E-state index in [1.54, 1.807) is 36.7 Å². The number of aromatic nitrogens is 2. The summed E-state index contributed by atoms with van der Waals surface area (Å²) in [7, 11) is 0. The van der Waals surface area contributed by atoms with E-state index in [9.17, 15) is 22.8 Å². The van der Waals surface area contributed by atoms with Crippen molar-refractivity contribution in [2.24, 2.45) is 0 Å². The zero-order chi connectivity index (χ0) is 21.0. The normalized spacial score (nSPS) is 11.5. The Bertz CT molecular complexity index is 1110. The number of rotatable bonds is 7. The summed E-state index contributed by atoms with van der Waals surface area (Å²) < 4.78 is 39.9. The second-order valence-corrected chi connectivity index (χ2v) is 7.76. The van der Waals surface area contributed by atoms with Gasteiger partial charge in [0, 0.05) is 30.6 Å². The van der Waals surface area contributed by atoms with E-state index in [1.807, 2.05) is 6.07 Å². The number of nitrogens with zero attached hydrogens (tertiary/aromatic N) is 2. The van der Waals surface area contributed by atoms with Crippen molar-refractivity contribution in [1.29, 1.82) is 0 Å². The van der Waals surface area contributed by atoms with E-state index in [0.717, 1.165) is 29.2 Å². The van der Waals surface area contributed by atoms with E-state index in [4.69, 9.17) is 11.6 Å². The van der Waals surface area contributed by atoms with Gasteiger partial charge in [0.1, 0.15) is 4.34 Å². The van der Waals surface area contributed by atoms with Gasteiger partial charge < -0.3 is 4.57 Å². The number of carbonyl (C=O) groups excluding carboxylic acids is 1. The van der Waals surface area contributed by atoms with Crippen LogP contribution in [0.15, 0.2) is 47.7 Å². The summed E-state index contributed by atoms with van der Waals surface area (Å²) in [4.78, 5) is 28.5. The Labute approximate surface area is 172 Å². The van der Waals surface area contributed by atoms with Crippen LogP contribution in [0.2, 0.25) is 4.34 Å². The Hall–Kier alpha value is -2.71. The van der Waals surface area contributed by atoms with Gasteiger partial charge in [-0.25, -0.2) is 13.2 Å². The van der Waals surface area contributed by atoms with Crippen molar-refractivity contribution < 1.29 is 18.0 Å². The van der Waals surface area contributed by atoms with Crippen molar-refractivity contribution >= 4 is 40.9 Å². The molecule has 150 valence electrons. The maximum Gasteiger partial charge on any atom is 0.286 e. The molecule has 29 heavy (non-hydrogen) atoms. The van der Waals surface area contributed by atoms with Crippen molar-refractivity contribution in [3.8, 4) is 0 Å². The number of ketones is 1. The number of carbonyl (C=O) groups is 1. The molecule has 3 heterocycles. The van der Waals surface area contributed by atoms with Crippen molar-refractivity contribution in [2.45, 2.75) is 19.4 Å². The van der Waals surface area contributed by atoms with Crippen LogP contribution in [0, 0.1) is 5.82 Å². The van der Waals surface area contributed by atoms with Crippen LogP contribution < -0.4 is 5.56 Å². The van der Waals surface area contributed by atoms with Crippen LogP contribution in [0.1, 0.15) is 26.4 Å². The first-order valence-electron chi connectivity index (χ1n) is 8.41. The summed E-state index contributed by atoms with van der Waals surface area (Å²) in [5, 5.41) is 0. The quantitative estimate of drug-likeness (QED) is 0.490. The van der Waals surface area contributed by atoms with Gasteiger partial charge in [-0.05, 0) is 29.3 Å². The van der Waals surface area contributed by atoms with Gasteiger partial charge in [0.15, 0.2) is 11.6 Å². The Morgan fingerprint density at radius 3 is 2.79 bits per heavy atom. The largest absolute Gasteiger partial charge is 0.307 e. The average Bonchev–Trinajstić information content (AvgIpc) is 3.05. The molecule has 4 nitrogen and oxygen atoms in total. The lowest BCUT2D eigenvalue weighted by Gasteiger charge is -2.08. The van der Waals surface area contributed by atoms with E-state index >= 15 is 0 Å². The standard InChI is InChI=1S/C20H14ClF3N2O2S/c21-19-14(4-3-12-2-1-5-25-9-12)8-17(29-19)16(27)7-13-6-15(22)20(28)26(10-13)11-18(23)24/h1-6,8-10,18H,7,11H2/b4-3+. The maximum atomic E-state index is 13.8. The van der Waals surface area contributed by atoms with Gasteiger partial charge in [0.2, 0.25) is 0 Å². The van der Waals surface area contributed by atoms with Crippen molar-refractivity contribution in [1.82, 2.24) is 9.55 Å². The Morgan fingerprint density at radius 2 is 2.10 bits per heavy atom. The lowest BCUT2D eigenvalue weighted by atomic mass is 10.1. The number of Topliss-reactive ketones (excluding diaryl/α,β-unsaturated/α-hetero) is 1. The lowest BCUT2D eigenvalue weighted by molar-refractivity contribution is 0.0996. The fourth-order valence-corrected chi connectivity index (χ4v) is 3.78. The fraction of sp³-hybridized carbons (Fsp3) is 0.150. The van der Waals surface area contributed by atoms with Gasteiger partial charge in [-0.3, -0.25) is 14.6 Å². The molecule has 0 saturated heterocycles. The minimum atomic E-state index is -2.82. The molecule has 0 saturated carbocycles. The molecule has 0 aliphatic rings. The van der Waals surface area contributed by atoms with Crippen LogP contribution in [0.4, 0.5) is 13.2 Å². The third kappa shape index (κ3) is 5.42. The molecule has 0 aromatic carbocycles. The molecule has 9 heteroatoms. The molecule has 0 radical (unpaired) electrons. The zero-order valence-corrected chi connectivity index (χ0v) is 16.4. The molecule has 0 N–H and O–H groups in total. The lowest BCUT2D eigenvalue weighted by Crippen LogP contribution is -2.26. The second-order valence-electron chi connectivity index (χ2n) is 6.10. The van der Waals surface area contributed by atoms with Gasteiger partial charge in [0.25, 0.3) is 12.0 Å². The van der Waals surface area contributed by atoms with Gasteiger partial charge in [0.05, 0.1) is 11.4 Å². The molecule has 3 aromatic rings. The molecule has 0 bridgehead atoms. The zero-order valence-electron chi connectivity index (χ0n) is 14.8. The number of halogens is 4. The predicted octanol–water partition coefficient (Wildman–Crippen LogP) is 4.96. The molecule has 3 aromatic heterocycles. The van der Waals surface area contributed by atoms with Gasteiger partial charge >= 0.3 is 0 Å². The summed E-state index contributed by atoms with van der Waals surface area (Å²) in [5.41, 5.74) is 0.477. The number of thiophene rings is 1. The molecule has 0 aliphatic carbocycles. The van der Waals surface area contributed by atoms with Crippen LogP contribution in [0.3, 0.4) is 0 Å². The monoisotopic (exact) mass is 438 g/mol. The highest BCUT2D eigenvalue weighted by atomic mass is 35.5. The highest BCUT2D eigenvalue weighted by Crippen LogP contribution is 2.30. The summed E-state index contributed by atoms with van der Waals surface area (Å²) in [6.45, 7) is -0.939. The van der Waals surface area contributed by atoms with E-state index in [2.05, 4.69) is 4.98 Å². The first-order valence-corrected chi connectivity index (χ1v) is 9.60. The number of hydrogen-bond acceptors (Lipinski definition) is 4. The highest BCUT2D eigenvalue weighted by Gasteiger charge is 2.16. The average molecular weight is 439 g/mol. The third-order valence-electron chi connectivity index (χ3n) is 3.93. The van der Waals surface area contributed by atoms with E-state index in [0.29, 0.717) is 19.3 Å². The predicted molar refractivity (Wildman–Crippen MR) is 107 cm³/mol. The van der Waals surface area contributed by atoms with Gasteiger partial charge in [-0.1, -0.05) is 29.8 Å². The minimum Gasteiger partial charge on any atom is -0.307 e. The molecule has 0 spiro atoms. The molecule has 0 unspecified atom stereocenters. The molecule has 0 atom stereocenters. The van der Waals surface area contributed by atoms with E-state index in [1.165, 1.54) is 0 Å². The highest BCUT2D eigenvalue weighted by molar-refractivity contribution is 7.18. The minimum absolute atomic E-state index is 0.129. The number of hydrogen-bond donors (Lipinski definition) is 0. The Kier molecular flexibility index (Phi) is 6.66. The molecular formula is C20H14ClF3N2O2S. The Morgan fingerprint density at radius 1 is 1.31 bits per heavy atom. The SMILES string of the molecule is O=C(Cc1cc(F)c(=O)n(CC(F)F)c1)c1cc(/C=C/c2cccnc2)c(Cl)s1. The maximum absolute atomic E-state index is 13.8. The van der Waals surface area contributed by atoms with Crippen molar-refractivity contribution in [3.63, 3.8) is 0 Å². The molecule has 0 fully saturated rings. The first kappa shape index (κ1) is 21.0. The molecule has 0 aliphatic heterocycles. The summed E-state index contributed by atoms with van der Waals surface area (Å²) in [6, 6.07) is 6.14. The van der Waals surface area contributed by atoms with Crippen LogP contribution >= 0.6 is 22.9 Å². The van der Waals surface area contributed by atoms with E-state index in [-0.39, 0.29) is 17.8 Å². The van der Waals surface area contributed by atoms with Crippen molar-refractivity contribution in [3.05, 3.63) is 84.9 Å². The topological polar surface area (TPSA) is 52.0 Å². The summed E-state index contributed by atoms with van der Waals surface area (Å²) in [5.74, 6) is -1.54. The number of pyridine rings is 2. The summed E-state index contributed by atoms with van der Waals surface area (Å²) >= 11 is 7.26. The summed E-state index contributed by atoms with van der Waals surface area (Å²) in [6.07, 6.45) is 4.88. The van der Waals surface area contributed by atoms with Crippen LogP contribution in [-0.4, -0.2) is 21.8 Å². The fourth-order valence-electron chi connectivity index (χ4n) is 2.61. The van der Waals surface area contributed by atoms with Crippen LogP contribution in [-0.2, 0) is 13.0 Å². The molecular weight excluding hydrogens is 425 g/mol. The van der Waals surface area contributed by atoms with Crippen molar-refractivity contribution in [2.75, 3.05) is 0 Å². The van der Waals surface area contributed by atoms with Crippen LogP contribution in [0.5, 0.6) is 0 Å². The second kappa shape index (κ2) is 9.19. The first-order chi connectivity index (χ1) is 13.8. The smallest absolute Gasteiger partial charge is 0.286 e. The number of alkyl halides is 2. The van der Waals surface area contributed by atoms with E-state index < -0.39 is 24.3 Å². The van der Waals surface area contributed by atoms with Gasteiger partial charge in [-0.2, -0.15) is 0 Å². The Balaban J connectivity index is 1.79. The third-order valence-corrected chi connectivity index (χ3v) is 5.36. The van der Waals surface area contributed by atoms with Crippen LogP contribution in [0.25, 0.3) is 12.2 Å². The molecule has 3 rings (SSSR count). The van der Waals surface area contributed by atoms with Gasteiger partial charge in [-0.15, -0.1) is 11.3 Å².